The first-order valence-corrected chi connectivity index (χ1v) is 10.9. The number of carboxylic acid groups (broad SMARTS) is 2. The fourth-order valence-corrected chi connectivity index (χ4v) is 3.69. The lowest BCUT2D eigenvalue weighted by Gasteiger charge is -2.22. The van der Waals surface area contributed by atoms with E-state index in [1.165, 1.54) is 33.7 Å². The summed E-state index contributed by atoms with van der Waals surface area (Å²) in [6, 6.07) is 6.06. The van der Waals surface area contributed by atoms with Crippen LogP contribution >= 0.6 is 0 Å². The zero-order valence-corrected chi connectivity index (χ0v) is 17.7. The number of hydrogen-bond donors (Lipinski definition) is 3. The maximum absolute atomic E-state index is 11.5. The molecule has 0 aliphatic heterocycles. The number of nitrogens with two attached hydrogens (primary N) is 1. The molecule has 32 heavy (non-hydrogen) atoms. The lowest BCUT2D eigenvalue weighted by atomic mass is 10.2. The fourth-order valence-electron chi connectivity index (χ4n) is 3.17. The first-order valence-electron chi connectivity index (χ1n) is 9.39. The Morgan fingerprint density at radius 1 is 0.875 bits per heavy atom. The van der Waals surface area contributed by atoms with Crippen LogP contribution in [0.25, 0.3) is 0 Å². The summed E-state index contributed by atoms with van der Waals surface area (Å²) in [4.78, 5) is 32.6. The summed E-state index contributed by atoms with van der Waals surface area (Å²) >= 11 is 0. The van der Waals surface area contributed by atoms with Gasteiger partial charge in [0, 0.05) is 31.3 Å². The Kier molecular flexibility index (Phi) is 7.02. The van der Waals surface area contributed by atoms with Gasteiger partial charge >= 0.3 is 11.9 Å². The first-order chi connectivity index (χ1) is 15.1. The number of aliphatic carboxylic acids is 2. The second-order valence-electron chi connectivity index (χ2n) is 7.06. The number of carboxylic acids is 2. The predicted molar refractivity (Wildman–Crippen MR) is 110 cm³/mol. The van der Waals surface area contributed by atoms with Gasteiger partial charge in [-0.15, -0.1) is 0 Å². The minimum atomic E-state index is -3.82. The molecule has 0 bridgehead atoms. The molecule has 0 saturated carbocycles. The molecule has 4 N–H and O–H groups in total. The average Bonchev–Trinajstić information content (AvgIpc) is 3.30. The van der Waals surface area contributed by atoms with Crippen LogP contribution in [0.4, 0.5) is 0 Å². The number of primary sulfonamides is 1. The molecule has 0 radical (unpaired) electrons. The lowest BCUT2D eigenvalue weighted by Crippen LogP contribution is -2.27. The van der Waals surface area contributed by atoms with E-state index < -0.39 is 22.0 Å². The molecule has 0 amide bonds. The van der Waals surface area contributed by atoms with Gasteiger partial charge < -0.3 is 19.3 Å². The standard InChI is InChI=1S/C19H22N6O6S/c20-32(30,31)15-3-1-14(2-4-15)9-23(10-16-21-5-7-24(16)12-18(26)27)11-17-22-6-8-25(17)13-19(28)29/h1-8H,9-13H2,(H,26,27)(H,28,29)(H2,20,30,31). The van der Waals surface area contributed by atoms with Crippen LogP contribution in [0.2, 0.25) is 0 Å². The van der Waals surface area contributed by atoms with Crippen LogP contribution in [0.1, 0.15) is 17.2 Å². The molecule has 13 heteroatoms. The van der Waals surface area contributed by atoms with Crippen molar-refractivity contribution < 1.29 is 28.2 Å². The highest BCUT2D eigenvalue weighted by Gasteiger charge is 2.17. The van der Waals surface area contributed by atoms with E-state index in [4.69, 9.17) is 15.4 Å². The van der Waals surface area contributed by atoms with Crippen molar-refractivity contribution in [1.29, 1.82) is 0 Å². The summed E-state index contributed by atoms with van der Waals surface area (Å²) < 4.78 is 26.0. The lowest BCUT2D eigenvalue weighted by molar-refractivity contribution is -0.138. The Hall–Kier alpha value is -3.55. The summed E-state index contributed by atoms with van der Waals surface area (Å²) in [5.74, 6) is -1.01. The maximum atomic E-state index is 11.5. The molecular formula is C19H22N6O6S. The number of sulfonamides is 1. The molecule has 0 unspecified atom stereocenters. The van der Waals surface area contributed by atoms with E-state index in [1.54, 1.807) is 24.5 Å². The Balaban J connectivity index is 1.86. The minimum absolute atomic E-state index is 0.0122. The number of imidazole rings is 2. The molecule has 0 fully saturated rings. The molecule has 3 aromatic rings. The van der Waals surface area contributed by atoms with Crippen molar-refractivity contribution in [2.24, 2.45) is 5.14 Å². The SMILES string of the molecule is NS(=O)(=O)c1ccc(CN(Cc2nccn2CC(=O)O)Cc2nccn2CC(=O)O)cc1. The van der Waals surface area contributed by atoms with Crippen LogP contribution < -0.4 is 5.14 Å². The first kappa shape index (κ1) is 23.1. The van der Waals surface area contributed by atoms with Crippen LogP contribution in [0.15, 0.2) is 53.9 Å². The Labute approximate surface area is 183 Å². The molecular weight excluding hydrogens is 440 g/mol. The summed E-state index contributed by atoms with van der Waals surface area (Å²) in [7, 11) is -3.82. The van der Waals surface area contributed by atoms with Crippen LogP contribution in [-0.2, 0) is 52.3 Å². The van der Waals surface area contributed by atoms with E-state index in [0.717, 1.165) is 5.56 Å². The third-order valence-electron chi connectivity index (χ3n) is 4.60. The van der Waals surface area contributed by atoms with E-state index in [9.17, 15) is 18.0 Å². The van der Waals surface area contributed by atoms with Gasteiger partial charge in [-0.3, -0.25) is 14.5 Å². The molecule has 170 valence electrons. The average molecular weight is 462 g/mol. The van der Waals surface area contributed by atoms with Gasteiger partial charge in [0.1, 0.15) is 24.7 Å². The zero-order chi connectivity index (χ0) is 23.3. The predicted octanol–water partition coefficient (Wildman–Crippen LogP) is 0.0986. The van der Waals surface area contributed by atoms with Gasteiger partial charge in [-0.05, 0) is 17.7 Å². The molecule has 2 heterocycles. The zero-order valence-electron chi connectivity index (χ0n) is 16.9. The van der Waals surface area contributed by atoms with E-state index in [2.05, 4.69) is 9.97 Å². The van der Waals surface area contributed by atoms with Gasteiger partial charge in [0.15, 0.2) is 0 Å². The smallest absolute Gasteiger partial charge is 0.323 e. The second-order valence-corrected chi connectivity index (χ2v) is 8.63. The van der Waals surface area contributed by atoms with Crippen LogP contribution in [0.5, 0.6) is 0 Å². The molecule has 12 nitrogen and oxygen atoms in total. The van der Waals surface area contributed by atoms with Gasteiger partial charge in [-0.25, -0.2) is 23.5 Å². The maximum Gasteiger partial charge on any atom is 0.323 e. The van der Waals surface area contributed by atoms with E-state index in [1.807, 2.05) is 4.90 Å². The van der Waals surface area contributed by atoms with Crippen LogP contribution in [-0.4, -0.2) is 54.6 Å². The van der Waals surface area contributed by atoms with Gasteiger partial charge in [-0.1, -0.05) is 12.1 Å². The van der Waals surface area contributed by atoms with E-state index >= 15 is 0 Å². The molecule has 0 atom stereocenters. The summed E-state index contributed by atoms with van der Waals surface area (Å²) in [5, 5.41) is 23.4. The van der Waals surface area contributed by atoms with Crippen LogP contribution in [0, 0.1) is 0 Å². The van der Waals surface area contributed by atoms with Crippen molar-refractivity contribution in [2.45, 2.75) is 37.6 Å². The molecule has 2 aromatic heterocycles. The van der Waals surface area contributed by atoms with Crippen LogP contribution in [0.3, 0.4) is 0 Å². The highest BCUT2D eigenvalue weighted by molar-refractivity contribution is 7.89. The molecule has 0 saturated heterocycles. The number of hydrogen-bond acceptors (Lipinski definition) is 7. The fraction of sp³-hybridized carbons (Fsp3) is 0.263. The van der Waals surface area contributed by atoms with Crippen molar-refractivity contribution in [2.75, 3.05) is 0 Å². The third-order valence-corrected chi connectivity index (χ3v) is 5.53. The van der Waals surface area contributed by atoms with Gasteiger partial charge in [0.05, 0.1) is 18.0 Å². The molecule has 0 spiro atoms. The number of nitrogens with zero attached hydrogens (tertiary/aromatic N) is 5. The monoisotopic (exact) mass is 462 g/mol. The largest absolute Gasteiger partial charge is 0.480 e. The molecule has 0 aliphatic rings. The number of aromatic nitrogens is 4. The quantitative estimate of drug-likeness (QED) is 0.357. The normalized spacial score (nSPS) is 11.7. The summed E-state index contributed by atoms with van der Waals surface area (Å²) in [6.45, 7) is 0.332. The minimum Gasteiger partial charge on any atom is -0.480 e. The van der Waals surface area contributed by atoms with Crippen molar-refractivity contribution in [3.63, 3.8) is 0 Å². The van der Waals surface area contributed by atoms with Crippen molar-refractivity contribution in [3.8, 4) is 0 Å². The van der Waals surface area contributed by atoms with Gasteiger partial charge in [-0.2, -0.15) is 0 Å². The number of carbonyl (C=O) groups is 2. The second kappa shape index (κ2) is 9.72. The Bertz CT molecular complexity index is 1140. The molecule has 1 aromatic carbocycles. The highest BCUT2D eigenvalue weighted by Crippen LogP contribution is 2.15. The van der Waals surface area contributed by atoms with Gasteiger partial charge in [0.2, 0.25) is 10.0 Å². The number of benzene rings is 1. The van der Waals surface area contributed by atoms with Crippen molar-refractivity contribution >= 4 is 22.0 Å². The van der Waals surface area contributed by atoms with Crippen molar-refractivity contribution in [1.82, 2.24) is 24.0 Å². The van der Waals surface area contributed by atoms with Crippen molar-refractivity contribution in [3.05, 3.63) is 66.3 Å². The van der Waals surface area contributed by atoms with E-state index in [-0.39, 0.29) is 31.1 Å². The number of rotatable bonds is 11. The summed E-state index contributed by atoms with van der Waals surface area (Å²) in [6.07, 6.45) is 6.13. The molecule has 0 aliphatic carbocycles. The van der Waals surface area contributed by atoms with Gasteiger partial charge in [0.25, 0.3) is 0 Å². The highest BCUT2D eigenvalue weighted by atomic mass is 32.2. The topological polar surface area (TPSA) is 174 Å². The Morgan fingerprint density at radius 2 is 1.34 bits per heavy atom. The molecule has 3 rings (SSSR count). The Morgan fingerprint density at radius 3 is 1.75 bits per heavy atom. The third kappa shape index (κ3) is 6.23. The summed E-state index contributed by atoms with van der Waals surface area (Å²) in [5.41, 5.74) is 0.769. The van der Waals surface area contributed by atoms with E-state index in [0.29, 0.717) is 18.2 Å².